The molecule has 2 unspecified atom stereocenters. The van der Waals surface area contributed by atoms with Gasteiger partial charge in [0.2, 0.25) is 0 Å². The fourth-order valence-electron chi connectivity index (χ4n) is 2.23. The molecule has 0 aromatic heterocycles. The van der Waals surface area contributed by atoms with Gasteiger partial charge < -0.3 is 5.32 Å². The molecular formula is C15H22F3N. The molecule has 0 fully saturated rings. The fourth-order valence-corrected chi connectivity index (χ4v) is 2.23. The summed E-state index contributed by atoms with van der Waals surface area (Å²) in [6.45, 7) is 4.05. The van der Waals surface area contributed by atoms with Crippen LogP contribution in [0.5, 0.6) is 0 Å². The first kappa shape index (κ1) is 16.0. The zero-order valence-electron chi connectivity index (χ0n) is 11.5. The second-order valence-corrected chi connectivity index (χ2v) is 4.84. The molecular weight excluding hydrogens is 251 g/mol. The predicted molar refractivity (Wildman–Crippen MR) is 72.0 cm³/mol. The summed E-state index contributed by atoms with van der Waals surface area (Å²) in [5.74, 6) is 0. The van der Waals surface area contributed by atoms with Crippen molar-refractivity contribution in [2.24, 2.45) is 0 Å². The first-order valence-electron chi connectivity index (χ1n) is 6.84. The first-order valence-corrected chi connectivity index (χ1v) is 6.84. The third-order valence-corrected chi connectivity index (χ3v) is 3.20. The van der Waals surface area contributed by atoms with Crippen LogP contribution >= 0.6 is 0 Å². The van der Waals surface area contributed by atoms with Crippen molar-refractivity contribution in [3.63, 3.8) is 0 Å². The molecule has 1 N–H and O–H groups in total. The van der Waals surface area contributed by atoms with Crippen molar-refractivity contribution >= 4 is 0 Å². The summed E-state index contributed by atoms with van der Waals surface area (Å²) in [6.07, 6.45) is -2.26. The van der Waals surface area contributed by atoms with Crippen molar-refractivity contribution in [2.75, 3.05) is 0 Å². The lowest BCUT2D eigenvalue weighted by Crippen LogP contribution is -2.35. The molecule has 0 amide bonds. The van der Waals surface area contributed by atoms with E-state index in [4.69, 9.17) is 0 Å². The number of alkyl halides is 3. The highest BCUT2D eigenvalue weighted by Crippen LogP contribution is 2.30. The molecule has 0 radical (unpaired) electrons. The van der Waals surface area contributed by atoms with Crippen LogP contribution in [-0.4, -0.2) is 12.2 Å². The molecule has 19 heavy (non-hydrogen) atoms. The Balaban J connectivity index is 2.80. The molecule has 0 aliphatic heterocycles. The van der Waals surface area contributed by atoms with E-state index in [0.29, 0.717) is 5.56 Å². The highest BCUT2D eigenvalue weighted by molar-refractivity contribution is 5.19. The van der Waals surface area contributed by atoms with Crippen LogP contribution in [0.25, 0.3) is 0 Å². The maximum absolute atomic E-state index is 12.7. The molecule has 108 valence electrons. The van der Waals surface area contributed by atoms with Gasteiger partial charge >= 0.3 is 6.18 Å². The van der Waals surface area contributed by atoms with Gasteiger partial charge in [-0.1, -0.05) is 50.6 Å². The van der Waals surface area contributed by atoms with Crippen LogP contribution in [0.4, 0.5) is 13.2 Å². The van der Waals surface area contributed by atoms with E-state index in [9.17, 15) is 13.2 Å². The van der Waals surface area contributed by atoms with Gasteiger partial charge in [-0.3, -0.25) is 0 Å². The molecule has 1 rings (SSSR count). The third-order valence-electron chi connectivity index (χ3n) is 3.20. The molecule has 1 aromatic carbocycles. The van der Waals surface area contributed by atoms with Crippen LogP contribution < -0.4 is 5.32 Å². The van der Waals surface area contributed by atoms with E-state index < -0.39 is 18.6 Å². The van der Waals surface area contributed by atoms with E-state index in [-0.39, 0.29) is 6.04 Å². The standard InChI is InChI=1S/C15H22F3N/c1-3-8-13(4-2)19-14(11-15(16,17)18)12-9-6-5-7-10-12/h5-7,9-10,13-14,19H,3-4,8,11H2,1-2H3. The average Bonchev–Trinajstić information content (AvgIpc) is 2.36. The Kier molecular flexibility index (Phi) is 6.35. The summed E-state index contributed by atoms with van der Waals surface area (Å²) < 4.78 is 38.1. The Hall–Kier alpha value is -1.03. The van der Waals surface area contributed by atoms with Gasteiger partial charge in [0.15, 0.2) is 0 Å². The maximum Gasteiger partial charge on any atom is 0.390 e. The summed E-state index contributed by atoms with van der Waals surface area (Å²) >= 11 is 0. The van der Waals surface area contributed by atoms with E-state index in [1.165, 1.54) is 0 Å². The van der Waals surface area contributed by atoms with Crippen LogP contribution in [0.3, 0.4) is 0 Å². The quantitative estimate of drug-likeness (QED) is 0.749. The zero-order valence-corrected chi connectivity index (χ0v) is 11.5. The Labute approximate surface area is 113 Å². The summed E-state index contributed by atoms with van der Waals surface area (Å²) in [4.78, 5) is 0. The van der Waals surface area contributed by atoms with Gasteiger partial charge in [0.05, 0.1) is 6.42 Å². The summed E-state index contributed by atoms with van der Waals surface area (Å²) in [7, 11) is 0. The van der Waals surface area contributed by atoms with Gasteiger partial charge in [0, 0.05) is 12.1 Å². The van der Waals surface area contributed by atoms with Crippen LogP contribution in [0, 0.1) is 0 Å². The van der Waals surface area contributed by atoms with Gasteiger partial charge in [-0.05, 0) is 18.4 Å². The summed E-state index contributed by atoms with van der Waals surface area (Å²) in [6, 6.07) is 8.36. The number of hydrogen-bond donors (Lipinski definition) is 1. The Morgan fingerprint density at radius 1 is 1.11 bits per heavy atom. The van der Waals surface area contributed by atoms with Crippen molar-refractivity contribution in [1.29, 1.82) is 0 Å². The molecule has 0 saturated carbocycles. The number of halogens is 3. The van der Waals surface area contributed by atoms with E-state index in [0.717, 1.165) is 19.3 Å². The molecule has 0 bridgehead atoms. The Morgan fingerprint density at radius 2 is 1.74 bits per heavy atom. The van der Waals surface area contributed by atoms with Crippen molar-refractivity contribution in [2.45, 2.75) is 57.8 Å². The van der Waals surface area contributed by atoms with Crippen molar-refractivity contribution < 1.29 is 13.2 Å². The molecule has 0 spiro atoms. The van der Waals surface area contributed by atoms with Gasteiger partial charge in [0.1, 0.15) is 0 Å². The number of hydrogen-bond acceptors (Lipinski definition) is 1. The molecule has 1 aromatic rings. The summed E-state index contributed by atoms with van der Waals surface area (Å²) in [5, 5.41) is 3.16. The van der Waals surface area contributed by atoms with E-state index in [1.54, 1.807) is 24.3 Å². The second kappa shape index (κ2) is 7.53. The molecule has 2 atom stereocenters. The van der Waals surface area contributed by atoms with Crippen LogP contribution in [-0.2, 0) is 0 Å². The van der Waals surface area contributed by atoms with Gasteiger partial charge in [0.25, 0.3) is 0 Å². The highest BCUT2D eigenvalue weighted by Gasteiger charge is 2.33. The minimum Gasteiger partial charge on any atom is -0.307 e. The van der Waals surface area contributed by atoms with Crippen LogP contribution in [0.2, 0.25) is 0 Å². The Morgan fingerprint density at radius 3 is 2.21 bits per heavy atom. The predicted octanol–water partition coefficient (Wildman–Crippen LogP) is 4.85. The molecule has 0 saturated heterocycles. The van der Waals surface area contributed by atoms with E-state index >= 15 is 0 Å². The molecule has 1 nitrogen and oxygen atoms in total. The first-order chi connectivity index (χ1) is 8.96. The monoisotopic (exact) mass is 273 g/mol. The number of benzene rings is 1. The van der Waals surface area contributed by atoms with Crippen LogP contribution in [0.15, 0.2) is 30.3 Å². The Bertz CT molecular complexity index is 348. The normalized spacial score (nSPS) is 15.2. The highest BCUT2D eigenvalue weighted by atomic mass is 19.4. The second-order valence-electron chi connectivity index (χ2n) is 4.84. The molecule has 0 heterocycles. The zero-order chi connectivity index (χ0) is 14.3. The minimum atomic E-state index is -4.15. The van der Waals surface area contributed by atoms with Gasteiger partial charge in [-0.2, -0.15) is 13.2 Å². The van der Waals surface area contributed by atoms with Crippen molar-refractivity contribution in [3.05, 3.63) is 35.9 Å². The topological polar surface area (TPSA) is 12.0 Å². The fraction of sp³-hybridized carbons (Fsp3) is 0.600. The van der Waals surface area contributed by atoms with E-state index in [2.05, 4.69) is 5.32 Å². The lowest BCUT2D eigenvalue weighted by Gasteiger charge is -2.26. The minimum absolute atomic E-state index is 0.137. The van der Waals surface area contributed by atoms with Gasteiger partial charge in [-0.25, -0.2) is 0 Å². The van der Waals surface area contributed by atoms with Crippen molar-refractivity contribution in [3.8, 4) is 0 Å². The third kappa shape index (κ3) is 6.10. The lowest BCUT2D eigenvalue weighted by atomic mass is 10.0. The van der Waals surface area contributed by atoms with Gasteiger partial charge in [-0.15, -0.1) is 0 Å². The molecule has 0 aliphatic rings. The summed E-state index contributed by atoms with van der Waals surface area (Å²) in [5.41, 5.74) is 0.703. The number of nitrogens with one attached hydrogen (secondary N) is 1. The van der Waals surface area contributed by atoms with Crippen molar-refractivity contribution in [1.82, 2.24) is 5.32 Å². The molecule has 4 heteroatoms. The maximum atomic E-state index is 12.7. The van der Waals surface area contributed by atoms with E-state index in [1.807, 2.05) is 19.9 Å². The molecule has 0 aliphatic carbocycles. The smallest absolute Gasteiger partial charge is 0.307 e. The lowest BCUT2D eigenvalue weighted by molar-refractivity contribution is -0.141. The number of rotatable bonds is 7. The SMILES string of the molecule is CCCC(CC)NC(CC(F)(F)F)c1ccccc1. The van der Waals surface area contributed by atoms with Crippen LogP contribution in [0.1, 0.15) is 51.1 Å². The largest absolute Gasteiger partial charge is 0.390 e. The average molecular weight is 273 g/mol.